The molecule has 1 N–H and O–H groups in total. The van der Waals surface area contributed by atoms with Crippen molar-refractivity contribution >= 4 is 5.91 Å². The van der Waals surface area contributed by atoms with Crippen LogP contribution in [0, 0.1) is 0 Å². The Kier molecular flexibility index (Phi) is 4.22. The van der Waals surface area contributed by atoms with E-state index < -0.39 is 6.10 Å². The Balaban J connectivity index is 1.36. The Labute approximate surface area is 146 Å². The summed E-state index contributed by atoms with van der Waals surface area (Å²) in [6, 6.07) is 14.8. The van der Waals surface area contributed by atoms with Gasteiger partial charge in [-0.1, -0.05) is 24.3 Å². The highest BCUT2D eigenvalue weighted by Crippen LogP contribution is 2.33. The number of phenolic OH excluding ortho intramolecular Hbond substituents is 1. The molecule has 2 heterocycles. The normalized spacial score (nSPS) is 20.3. The maximum Gasteiger partial charge on any atom is 0.267 e. The first kappa shape index (κ1) is 15.8. The van der Waals surface area contributed by atoms with E-state index in [1.54, 1.807) is 12.1 Å². The van der Waals surface area contributed by atoms with Crippen LogP contribution in [0.25, 0.3) is 0 Å². The van der Waals surface area contributed by atoms with Crippen LogP contribution < -0.4 is 9.47 Å². The summed E-state index contributed by atoms with van der Waals surface area (Å²) in [5, 5.41) is 9.41. The highest BCUT2D eigenvalue weighted by molar-refractivity contribution is 5.82. The fourth-order valence-electron chi connectivity index (χ4n) is 3.52. The number of phenols is 1. The number of hydrogen-bond donors (Lipinski definition) is 1. The third-order valence-electron chi connectivity index (χ3n) is 4.96. The summed E-state index contributed by atoms with van der Waals surface area (Å²) < 4.78 is 11.5. The number of hydrogen-bond acceptors (Lipinski definition) is 4. The zero-order valence-electron chi connectivity index (χ0n) is 13.9. The van der Waals surface area contributed by atoms with Crippen molar-refractivity contribution < 1.29 is 19.4 Å². The standard InChI is InChI=1S/C20H21NO4/c22-16-7-5-14(6-8-16)15-9-11-21(12-10-15)20(23)19-13-24-17-3-1-2-4-18(17)25-19/h1-8,15,19,22H,9-13H2/t19-/m0/s1. The number of nitrogens with zero attached hydrogens (tertiary/aromatic N) is 1. The monoisotopic (exact) mass is 339 g/mol. The summed E-state index contributed by atoms with van der Waals surface area (Å²) in [7, 11) is 0. The number of rotatable bonds is 2. The van der Waals surface area contributed by atoms with Crippen molar-refractivity contribution in [2.45, 2.75) is 24.9 Å². The summed E-state index contributed by atoms with van der Waals surface area (Å²) in [6.45, 7) is 1.69. The minimum Gasteiger partial charge on any atom is -0.508 e. The first-order chi connectivity index (χ1) is 12.2. The number of fused-ring (bicyclic) bond motifs is 1. The maximum atomic E-state index is 12.7. The SMILES string of the molecule is O=C([C@@H]1COc2ccccc2O1)N1CCC(c2ccc(O)cc2)CC1. The van der Waals surface area contributed by atoms with Crippen LogP contribution in [0.1, 0.15) is 24.3 Å². The van der Waals surface area contributed by atoms with Crippen LogP contribution in [0.15, 0.2) is 48.5 Å². The molecule has 0 bridgehead atoms. The van der Waals surface area contributed by atoms with Gasteiger partial charge >= 0.3 is 0 Å². The molecule has 1 fully saturated rings. The zero-order valence-corrected chi connectivity index (χ0v) is 13.9. The van der Waals surface area contributed by atoms with E-state index in [1.165, 1.54) is 5.56 Å². The average molecular weight is 339 g/mol. The lowest BCUT2D eigenvalue weighted by Gasteiger charge is -2.35. The van der Waals surface area contributed by atoms with Crippen LogP contribution in [0.4, 0.5) is 0 Å². The number of carbonyl (C=O) groups is 1. The van der Waals surface area contributed by atoms with Gasteiger partial charge in [0.15, 0.2) is 11.5 Å². The van der Waals surface area contributed by atoms with Gasteiger partial charge in [-0.3, -0.25) is 4.79 Å². The summed E-state index contributed by atoms with van der Waals surface area (Å²) in [5.41, 5.74) is 1.22. The Morgan fingerprint density at radius 3 is 2.40 bits per heavy atom. The van der Waals surface area contributed by atoms with Crippen molar-refractivity contribution in [3.05, 3.63) is 54.1 Å². The van der Waals surface area contributed by atoms with E-state index in [0.29, 0.717) is 30.5 Å². The Morgan fingerprint density at radius 1 is 1.00 bits per heavy atom. The molecule has 2 aromatic rings. The van der Waals surface area contributed by atoms with Crippen LogP contribution in [-0.2, 0) is 4.79 Å². The lowest BCUT2D eigenvalue weighted by atomic mass is 9.89. The predicted octanol–water partition coefficient (Wildman–Crippen LogP) is 2.94. The molecule has 5 nitrogen and oxygen atoms in total. The minimum atomic E-state index is -0.569. The number of para-hydroxylation sites is 2. The average Bonchev–Trinajstić information content (AvgIpc) is 2.68. The molecule has 5 heteroatoms. The Hall–Kier alpha value is -2.69. The Morgan fingerprint density at radius 2 is 1.68 bits per heavy atom. The molecule has 130 valence electrons. The highest BCUT2D eigenvalue weighted by atomic mass is 16.6. The number of piperidine rings is 1. The summed E-state index contributed by atoms with van der Waals surface area (Å²) in [6.07, 6.45) is 1.27. The second-order valence-corrected chi connectivity index (χ2v) is 6.56. The molecule has 0 unspecified atom stereocenters. The van der Waals surface area contributed by atoms with Crippen molar-refractivity contribution in [1.82, 2.24) is 4.90 Å². The third kappa shape index (κ3) is 3.27. The topological polar surface area (TPSA) is 59.0 Å². The van der Waals surface area contributed by atoms with Gasteiger partial charge in [-0.05, 0) is 48.6 Å². The molecule has 1 atom stereocenters. The summed E-state index contributed by atoms with van der Waals surface area (Å²) in [4.78, 5) is 14.6. The van der Waals surface area contributed by atoms with Gasteiger partial charge in [0.1, 0.15) is 12.4 Å². The number of benzene rings is 2. The second kappa shape index (κ2) is 6.67. The molecule has 1 amide bonds. The van der Waals surface area contributed by atoms with Crippen LogP contribution >= 0.6 is 0 Å². The van der Waals surface area contributed by atoms with Crippen LogP contribution in [0.3, 0.4) is 0 Å². The van der Waals surface area contributed by atoms with Crippen molar-refractivity contribution in [3.8, 4) is 17.2 Å². The van der Waals surface area contributed by atoms with Crippen LogP contribution in [0.2, 0.25) is 0 Å². The quantitative estimate of drug-likeness (QED) is 0.914. The first-order valence-corrected chi connectivity index (χ1v) is 8.67. The largest absolute Gasteiger partial charge is 0.508 e. The third-order valence-corrected chi connectivity index (χ3v) is 4.96. The minimum absolute atomic E-state index is 0.00124. The van der Waals surface area contributed by atoms with Gasteiger partial charge < -0.3 is 19.5 Å². The number of likely N-dealkylation sites (tertiary alicyclic amines) is 1. The molecular weight excluding hydrogens is 318 g/mol. The van der Waals surface area contributed by atoms with Gasteiger partial charge in [0.25, 0.3) is 5.91 Å². The van der Waals surface area contributed by atoms with E-state index in [1.807, 2.05) is 41.3 Å². The molecule has 1 saturated heterocycles. The molecule has 2 aromatic carbocycles. The molecule has 2 aliphatic heterocycles. The van der Waals surface area contributed by atoms with E-state index in [4.69, 9.17) is 9.47 Å². The van der Waals surface area contributed by atoms with E-state index in [2.05, 4.69) is 0 Å². The lowest BCUT2D eigenvalue weighted by molar-refractivity contribution is -0.142. The molecule has 25 heavy (non-hydrogen) atoms. The summed E-state index contributed by atoms with van der Waals surface area (Å²) in [5.74, 6) is 2.03. The first-order valence-electron chi connectivity index (χ1n) is 8.67. The molecular formula is C20H21NO4. The van der Waals surface area contributed by atoms with E-state index in [0.717, 1.165) is 12.8 Å². The van der Waals surface area contributed by atoms with E-state index in [9.17, 15) is 9.90 Å². The molecule has 2 aliphatic rings. The fourth-order valence-corrected chi connectivity index (χ4v) is 3.52. The molecule has 0 aliphatic carbocycles. The van der Waals surface area contributed by atoms with Gasteiger partial charge in [0.05, 0.1) is 0 Å². The number of carbonyl (C=O) groups excluding carboxylic acids is 1. The van der Waals surface area contributed by atoms with Gasteiger partial charge in [-0.2, -0.15) is 0 Å². The fraction of sp³-hybridized carbons (Fsp3) is 0.350. The van der Waals surface area contributed by atoms with Crippen LogP contribution in [0.5, 0.6) is 17.2 Å². The Bertz CT molecular complexity index is 751. The lowest BCUT2D eigenvalue weighted by Crippen LogP contribution is -2.48. The smallest absolute Gasteiger partial charge is 0.267 e. The second-order valence-electron chi connectivity index (χ2n) is 6.56. The zero-order chi connectivity index (χ0) is 17.2. The molecule has 4 rings (SSSR count). The van der Waals surface area contributed by atoms with E-state index in [-0.39, 0.29) is 18.3 Å². The molecule has 0 aromatic heterocycles. The van der Waals surface area contributed by atoms with Crippen molar-refractivity contribution in [1.29, 1.82) is 0 Å². The van der Waals surface area contributed by atoms with Gasteiger partial charge in [0.2, 0.25) is 6.10 Å². The molecule has 0 spiro atoms. The maximum absolute atomic E-state index is 12.7. The van der Waals surface area contributed by atoms with Crippen LogP contribution in [-0.4, -0.2) is 41.7 Å². The van der Waals surface area contributed by atoms with Gasteiger partial charge in [0, 0.05) is 13.1 Å². The number of ether oxygens (including phenoxy) is 2. The molecule has 0 saturated carbocycles. The van der Waals surface area contributed by atoms with Crippen molar-refractivity contribution in [2.75, 3.05) is 19.7 Å². The molecule has 0 radical (unpaired) electrons. The highest BCUT2D eigenvalue weighted by Gasteiger charge is 2.33. The van der Waals surface area contributed by atoms with Crippen molar-refractivity contribution in [2.24, 2.45) is 0 Å². The van der Waals surface area contributed by atoms with Crippen molar-refractivity contribution in [3.63, 3.8) is 0 Å². The number of amides is 1. The number of aromatic hydroxyl groups is 1. The van der Waals surface area contributed by atoms with E-state index >= 15 is 0 Å². The summed E-state index contributed by atoms with van der Waals surface area (Å²) >= 11 is 0. The van der Waals surface area contributed by atoms with Gasteiger partial charge in [-0.15, -0.1) is 0 Å². The predicted molar refractivity (Wildman–Crippen MR) is 93.0 cm³/mol. The van der Waals surface area contributed by atoms with Gasteiger partial charge in [-0.25, -0.2) is 0 Å².